The number of nitrogens with zero attached hydrogens (tertiary/aromatic N) is 5. The molecule has 0 atom stereocenters. The first-order valence-corrected chi connectivity index (χ1v) is 11.1. The van der Waals surface area contributed by atoms with Gasteiger partial charge < -0.3 is 9.80 Å². The minimum Gasteiger partial charge on any atom is -0.339 e. The van der Waals surface area contributed by atoms with Crippen molar-refractivity contribution in [3.05, 3.63) is 59.9 Å². The minimum absolute atomic E-state index is 0.0304. The SMILES string of the molecule is CC(C)c1ccc(N2CCN(CC(=O)N3CCN(Cc4ccccn4)CC3)C2=O)cc1. The third kappa shape index (κ3) is 5.05. The van der Waals surface area contributed by atoms with E-state index in [1.54, 1.807) is 9.80 Å². The second kappa shape index (κ2) is 9.47. The zero-order chi connectivity index (χ0) is 21.8. The predicted octanol–water partition coefficient (Wildman–Crippen LogP) is 2.79. The first-order chi connectivity index (χ1) is 15.0. The van der Waals surface area contributed by atoms with Crippen molar-refractivity contribution < 1.29 is 9.59 Å². The normalized spacial score (nSPS) is 17.6. The van der Waals surface area contributed by atoms with Crippen LogP contribution in [-0.2, 0) is 11.3 Å². The number of carbonyl (C=O) groups excluding carboxylic acids is 2. The van der Waals surface area contributed by atoms with Crippen LogP contribution in [0.5, 0.6) is 0 Å². The van der Waals surface area contributed by atoms with E-state index < -0.39 is 0 Å². The van der Waals surface area contributed by atoms with Crippen molar-refractivity contribution in [3.63, 3.8) is 0 Å². The molecule has 1 aromatic carbocycles. The molecule has 0 bridgehead atoms. The fourth-order valence-corrected chi connectivity index (χ4v) is 4.15. The lowest BCUT2D eigenvalue weighted by Gasteiger charge is -2.35. The number of hydrogen-bond acceptors (Lipinski definition) is 4. The average Bonchev–Trinajstić information content (AvgIpc) is 3.15. The number of hydrogen-bond donors (Lipinski definition) is 0. The highest BCUT2D eigenvalue weighted by atomic mass is 16.2. The second-order valence-corrected chi connectivity index (χ2v) is 8.58. The number of rotatable bonds is 6. The molecule has 1 aromatic heterocycles. The Labute approximate surface area is 184 Å². The van der Waals surface area contributed by atoms with E-state index in [0.29, 0.717) is 32.1 Å². The van der Waals surface area contributed by atoms with Gasteiger partial charge in [0.25, 0.3) is 0 Å². The largest absolute Gasteiger partial charge is 0.339 e. The highest BCUT2D eigenvalue weighted by Gasteiger charge is 2.32. The molecule has 2 aliphatic rings. The Morgan fingerprint density at radius 3 is 2.35 bits per heavy atom. The van der Waals surface area contributed by atoms with E-state index in [9.17, 15) is 9.59 Å². The third-order valence-corrected chi connectivity index (χ3v) is 6.13. The van der Waals surface area contributed by atoms with E-state index in [1.165, 1.54) is 5.56 Å². The van der Waals surface area contributed by atoms with Crippen LogP contribution in [0.3, 0.4) is 0 Å². The molecule has 0 saturated carbocycles. The van der Waals surface area contributed by atoms with E-state index in [1.807, 2.05) is 41.4 Å². The van der Waals surface area contributed by atoms with Crippen molar-refractivity contribution in [2.24, 2.45) is 0 Å². The summed E-state index contributed by atoms with van der Waals surface area (Å²) in [6.45, 7) is 9.49. The van der Waals surface area contributed by atoms with Crippen LogP contribution < -0.4 is 4.90 Å². The first-order valence-electron chi connectivity index (χ1n) is 11.1. The van der Waals surface area contributed by atoms with Crippen molar-refractivity contribution in [1.29, 1.82) is 0 Å². The number of anilines is 1. The van der Waals surface area contributed by atoms with Crippen LogP contribution in [0.25, 0.3) is 0 Å². The Morgan fingerprint density at radius 1 is 0.968 bits per heavy atom. The quantitative estimate of drug-likeness (QED) is 0.720. The number of aromatic nitrogens is 1. The van der Waals surface area contributed by atoms with E-state index in [2.05, 4.69) is 35.9 Å². The molecular formula is C24H31N5O2. The molecule has 2 fully saturated rings. The number of urea groups is 1. The summed E-state index contributed by atoms with van der Waals surface area (Å²) in [6, 6.07) is 14.0. The van der Waals surface area contributed by atoms with Crippen molar-refractivity contribution >= 4 is 17.6 Å². The van der Waals surface area contributed by atoms with Crippen molar-refractivity contribution in [1.82, 2.24) is 19.7 Å². The van der Waals surface area contributed by atoms with Crippen LogP contribution in [0.15, 0.2) is 48.7 Å². The molecule has 0 N–H and O–H groups in total. The number of amides is 3. The molecule has 2 aromatic rings. The van der Waals surface area contributed by atoms with Crippen LogP contribution in [0.4, 0.5) is 10.5 Å². The van der Waals surface area contributed by atoms with Gasteiger partial charge in [0, 0.05) is 57.7 Å². The van der Waals surface area contributed by atoms with Gasteiger partial charge in [0.2, 0.25) is 5.91 Å². The summed E-state index contributed by atoms with van der Waals surface area (Å²) < 4.78 is 0. The number of piperazine rings is 1. The third-order valence-electron chi connectivity index (χ3n) is 6.13. The van der Waals surface area contributed by atoms with Gasteiger partial charge in [0.15, 0.2) is 0 Å². The van der Waals surface area contributed by atoms with E-state index >= 15 is 0 Å². The van der Waals surface area contributed by atoms with Gasteiger partial charge in [-0.1, -0.05) is 32.0 Å². The Hall–Kier alpha value is -2.93. The molecule has 164 valence electrons. The van der Waals surface area contributed by atoms with Gasteiger partial charge in [-0.2, -0.15) is 0 Å². The Morgan fingerprint density at radius 2 is 1.71 bits per heavy atom. The Kier molecular flexibility index (Phi) is 6.51. The maximum atomic E-state index is 12.9. The van der Waals surface area contributed by atoms with Crippen molar-refractivity contribution in [2.75, 3.05) is 50.7 Å². The maximum absolute atomic E-state index is 12.9. The van der Waals surface area contributed by atoms with Gasteiger partial charge in [-0.15, -0.1) is 0 Å². The molecule has 0 spiro atoms. The Balaban J connectivity index is 1.27. The summed E-state index contributed by atoms with van der Waals surface area (Å²) in [5.74, 6) is 0.490. The highest BCUT2D eigenvalue weighted by Crippen LogP contribution is 2.23. The summed E-state index contributed by atoms with van der Waals surface area (Å²) >= 11 is 0. The standard InChI is InChI=1S/C24H31N5O2/c1-19(2)20-6-8-22(9-7-20)29-16-15-28(24(29)31)18-23(30)27-13-11-26(12-14-27)17-21-5-3-4-10-25-21/h3-10,19H,11-18H2,1-2H3. The maximum Gasteiger partial charge on any atom is 0.325 e. The molecular weight excluding hydrogens is 390 g/mol. The monoisotopic (exact) mass is 421 g/mol. The van der Waals surface area contributed by atoms with Crippen LogP contribution in [-0.4, -0.2) is 77.4 Å². The number of benzene rings is 1. The van der Waals surface area contributed by atoms with Crippen LogP contribution in [0.2, 0.25) is 0 Å². The van der Waals surface area contributed by atoms with Gasteiger partial charge in [-0.25, -0.2) is 4.79 Å². The topological polar surface area (TPSA) is 60.0 Å². The molecule has 7 nitrogen and oxygen atoms in total. The summed E-state index contributed by atoms with van der Waals surface area (Å²) in [7, 11) is 0. The number of carbonyl (C=O) groups is 2. The predicted molar refractivity (Wildman–Crippen MR) is 121 cm³/mol. The molecule has 4 rings (SSSR count). The molecule has 7 heteroatoms. The molecule has 0 radical (unpaired) electrons. The van der Waals surface area contributed by atoms with E-state index in [0.717, 1.165) is 31.0 Å². The van der Waals surface area contributed by atoms with Gasteiger partial charge in [0.05, 0.1) is 5.69 Å². The fourth-order valence-electron chi connectivity index (χ4n) is 4.15. The molecule has 31 heavy (non-hydrogen) atoms. The molecule has 0 unspecified atom stereocenters. The molecule has 2 saturated heterocycles. The van der Waals surface area contributed by atoms with Gasteiger partial charge in [-0.05, 0) is 35.7 Å². The lowest BCUT2D eigenvalue weighted by Crippen LogP contribution is -2.51. The summed E-state index contributed by atoms with van der Waals surface area (Å²) in [5, 5.41) is 0. The van der Waals surface area contributed by atoms with E-state index in [-0.39, 0.29) is 18.5 Å². The molecule has 3 heterocycles. The smallest absolute Gasteiger partial charge is 0.325 e. The molecule has 2 aliphatic heterocycles. The lowest BCUT2D eigenvalue weighted by atomic mass is 10.0. The molecule has 3 amide bonds. The molecule has 0 aliphatic carbocycles. The summed E-state index contributed by atoms with van der Waals surface area (Å²) in [5.41, 5.74) is 3.20. The van der Waals surface area contributed by atoms with E-state index in [4.69, 9.17) is 0 Å². The summed E-state index contributed by atoms with van der Waals surface area (Å²) in [4.78, 5) is 37.7. The minimum atomic E-state index is -0.0839. The second-order valence-electron chi connectivity index (χ2n) is 8.58. The Bertz CT molecular complexity index is 892. The van der Waals surface area contributed by atoms with Gasteiger partial charge in [-0.3, -0.25) is 19.6 Å². The zero-order valence-corrected chi connectivity index (χ0v) is 18.4. The highest BCUT2D eigenvalue weighted by molar-refractivity contribution is 5.96. The van der Waals surface area contributed by atoms with Gasteiger partial charge in [0.1, 0.15) is 6.54 Å². The van der Waals surface area contributed by atoms with Crippen LogP contribution in [0.1, 0.15) is 31.0 Å². The van der Waals surface area contributed by atoms with Gasteiger partial charge >= 0.3 is 6.03 Å². The van der Waals surface area contributed by atoms with Crippen molar-refractivity contribution in [2.45, 2.75) is 26.3 Å². The number of pyridine rings is 1. The van der Waals surface area contributed by atoms with Crippen LogP contribution >= 0.6 is 0 Å². The summed E-state index contributed by atoms with van der Waals surface area (Å²) in [6.07, 6.45) is 1.81. The van der Waals surface area contributed by atoms with Crippen molar-refractivity contribution in [3.8, 4) is 0 Å². The lowest BCUT2D eigenvalue weighted by molar-refractivity contribution is -0.133. The average molecular weight is 422 g/mol. The fraction of sp³-hybridized carbons (Fsp3) is 0.458. The first kappa shape index (κ1) is 21.3. The van der Waals surface area contributed by atoms with Crippen LogP contribution in [0, 0.1) is 0 Å². The zero-order valence-electron chi connectivity index (χ0n) is 18.4.